The lowest BCUT2D eigenvalue weighted by Crippen LogP contribution is -2.51. The van der Waals surface area contributed by atoms with Gasteiger partial charge in [0.1, 0.15) is 11.4 Å². The van der Waals surface area contributed by atoms with Crippen molar-refractivity contribution in [3.05, 3.63) is 28.8 Å². The van der Waals surface area contributed by atoms with Crippen LogP contribution < -0.4 is 4.74 Å². The Hall–Kier alpha value is -1.88. The first-order chi connectivity index (χ1) is 10.4. The standard InChI is InChI=1S/C17H21NO4/c1-11-7-12(2)16-13(8-11)14(19)9-17(22-16)3-5-18(6-4-17)10-15(20)21/h7-8H,3-6,9-10H2,1-2H3,(H,20,21). The third-order valence-electron chi connectivity index (χ3n) is 4.65. The molecule has 1 spiro atoms. The molecule has 3 rings (SSSR count). The maximum absolute atomic E-state index is 12.5. The number of nitrogens with zero attached hydrogens (tertiary/aromatic N) is 1. The van der Waals surface area contributed by atoms with E-state index in [2.05, 4.69) is 0 Å². The zero-order valence-electron chi connectivity index (χ0n) is 13.0. The van der Waals surface area contributed by atoms with Crippen molar-refractivity contribution in [2.45, 2.75) is 38.7 Å². The zero-order valence-corrected chi connectivity index (χ0v) is 13.0. The van der Waals surface area contributed by atoms with Gasteiger partial charge >= 0.3 is 5.97 Å². The number of rotatable bonds is 2. The maximum Gasteiger partial charge on any atom is 0.317 e. The van der Waals surface area contributed by atoms with Crippen LogP contribution in [0.1, 0.15) is 40.7 Å². The Morgan fingerprint density at radius 2 is 2.00 bits per heavy atom. The van der Waals surface area contributed by atoms with Crippen LogP contribution in [0.3, 0.4) is 0 Å². The van der Waals surface area contributed by atoms with E-state index in [4.69, 9.17) is 9.84 Å². The Bertz CT molecular complexity index is 630. The molecule has 22 heavy (non-hydrogen) atoms. The number of likely N-dealkylation sites (tertiary alicyclic amines) is 1. The molecule has 2 aliphatic rings. The van der Waals surface area contributed by atoms with Gasteiger partial charge in [-0.1, -0.05) is 6.07 Å². The van der Waals surface area contributed by atoms with Gasteiger partial charge in [-0.05, 0) is 31.0 Å². The summed E-state index contributed by atoms with van der Waals surface area (Å²) in [6.07, 6.45) is 1.78. The molecule has 1 aromatic rings. The highest BCUT2D eigenvalue weighted by Crippen LogP contribution is 2.41. The van der Waals surface area contributed by atoms with Crippen LogP contribution in [0.15, 0.2) is 12.1 Å². The number of ether oxygens (including phenoxy) is 1. The van der Waals surface area contributed by atoms with E-state index in [1.54, 1.807) is 0 Å². The lowest BCUT2D eigenvalue weighted by molar-refractivity contribution is -0.139. The number of carboxylic acid groups (broad SMARTS) is 1. The van der Waals surface area contributed by atoms with E-state index in [0.29, 0.717) is 43.7 Å². The number of fused-ring (bicyclic) bond motifs is 1. The zero-order chi connectivity index (χ0) is 15.9. The molecule has 5 nitrogen and oxygen atoms in total. The molecule has 0 atom stereocenters. The van der Waals surface area contributed by atoms with Gasteiger partial charge < -0.3 is 9.84 Å². The number of Topliss-reactive ketones (excluding diaryl/α,β-unsaturated/α-hetero) is 1. The largest absolute Gasteiger partial charge is 0.486 e. The van der Waals surface area contributed by atoms with E-state index in [0.717, 1.165) is 11.1 Å². The molecule has 2 heterocycles. The van der Waals surface area contributed by atoms with Crippen LogP contribution in [-0.2, 0) is 4.79 Å². The summed E-state index contributed by atoms with van der Waals surface area (Å²) < 4.78 is 6.27. The normalized spacial score (nSPS) is 20.5. The SMILES string of the molecule is Cc1cc(C)c2c(c1)C(=O)CC1(CCN(CC(=O)O)CC1)O2. The van der Waals surface area contributed by atoms with Crippen LogP contribution in [-0.4, -0.2) is 47.0 Å². The van der Waals surface area contributed by atoms with Gasteiger partial charge in [-0.25, -0.2) is 0 Å². The molecule has 0 aromatic heterocycles. The summed E-state index contributed by atoms with van der Waals surface area (Å²) in [5.74, 6) is 0.0431. The number of aryl methyl sites for hydroxylation is 2. The van der Waals surface area contributed by atoms with E-state index < -0.39 is 11.6 Å². The second-order valence-corrected chi connectivity index (χ2v) is 6.51. The third kappa shape index (κ3) is 2.73. The summed E-state index contributed by atoms with van der Waals surface area (Å²) >= 11 is 0. The summed E-state index contributed by atoms with van der Waals surface area (Å²) in [5, 5.41) is 8.88. The van der Waals surface area contributed by atoms with E-state index >= 15 is 0 Å². The fourth-order valence-electron chi connectivity index (χ4n) is 3.53. The van der Waals surface area contributed by atoms with E-state index in [9.17, 15) is 9.59 Å². The van der Waals surface area contributed by atoms with E-state index in [1.165, 1.54) is 0 Å². The number of hydrogen-bond donors (Lipinski definition) is 1. The molecule has 0 bridgehead atoms. The van der Waals surface area contributed by atoms with Crippen LogP contribution in [0.4, 0.5) is 0 Å². The molecular formula is C17H21NO4. The minimum Gasteiger partial charge on any atom is -0.486 e. The lowest BCUT2D eigenvalue weighted by Gasteiger charge is -2.44. The Labute approximate surface area is 129 Å². The number of carboxylic acids is 1. The Morgan fingerprint density at radius 3 is 2.64 bits per heavy atom. The number of benzene rings is 1. The second-order valence-electron chi connectivity index (χ2n) is 6.51. The van der Waals surface area contributed by atoms with Gasteiger partial charge in [0, 0.05) is 25.9 Å². The fraction of sp³-hybridized carbons (Fsp3) is 0.529. The molecule has 1 N–H and O–H groups in total. The van der Waals surface area contributed by atoms with Crippen LogP contribution in [0.25, 0.3) is 0 Å². The van der Waals surface area contributed by atoms with Crippen molar-refractivity contribution in [3.8, 4) is 5.75 Å². The first-order valence-electron chi connectivity index (χ1n) is 7.66. The molecule has 118 valence electrons. The van der Waals surface area contributed by atoms with Gasteiger partial charge in [0.05, 0.1) is 18.5 Å². The van der Waals surface area contributed by atoms with Crippen molar-refractivity contribution in [3.63, 3.8) is 0 Å². The van der Waals surface area contributed by atoms with Crippen LogP contribution >= 0.6 is 0 Å². The molecule has 0 radical (unpaired) electrons. The molecule has 1 saturated heterocycles. The Balaban J connectivity index is 1.81. The molecule has 0 amide bonds. The summed E-state index contributed by atoms with van der Waals surface area (Å²) in [4.78, 5) is 25.2. The summed E-state index contributed by atoms with van der Waals surface area (Å²) in [6, 6.07) is 3.93. The average Bonchev–Trinajstić information content (AvgIpc) is 2.43. The molecule has 0 unspecified atom stereocenters. The molecule has 2 aliphatic heterocycles. The van der Waals surface area contributed by atoms with Crippen molar-refractivity contribution in [2.75, 3.05) is 19.6 Å². The second kappa shape index (κ2) is 5.39. The number of piperidine rings is 1. The average molecular weight is 303 g/mol. The van der Waals surface area contributed by atoms with Crippen LogP contribution in [0.2, 0.25) is 0 Å². The molecule has 5 heteroatoms. The minimum absolute atomic E-state index is 0.0544. The molecule has 1 fully saturated rings. The quantitative estimate of drug-likeness (QED) is 0.907. The predicted molar refractivity (Wildman–Crippen MR) is 81.5 cm³/mol. The highest BCUT2D eigenvalue weighted by atomic mass is 16.5. The van der Waals surface area contributed by atoms with Gasteiger partial charge in [-0.15, -0.1) is 0 Å². The highest BCUT2D eigenvalue weighted by Gasteiger charge is 2.43. The predicted octanol–water partition coefficient (Wildman–Crippen LogP) is 2.19. The third-order valence-corrected chi connectivity index (χ3v) is 4.65. The molecule has 1 aromatic carbocycles. The van der Waals surface area contributed by atoms with Gasteiger partial charge in [0.2, 0.25) is 0 Å². The first-order valence-corrected chi connectivity index (χ1v) is 7.66. The van der Waals surface area contributed by atoms with Crippen molar-refractivity contribution in [1.82, 2.24) is 4.90 Å². The summed E-state index contributed by atoms with van der Waals surface area (Å²) in [5.41, 5.74) is 2.30. The number of aliphatic carboxylic acids is 1. The number of hydrogen-bond acceptors (Lipinski definition) is 4. The van der Waals surface area contributed by atoms with Gasteiger partial charge in [0.25, 0.3) is 0 Å². The lowest BCUT2D eigenvalue weighted by atomic mass is 9.81. The summed E-state index contributed by atoms with van der Waals surface area (Å²) in [7, 11) is 0. The number of carbonyl (C=O) groups is 2. The fourth-order valence-corrected chi connectivity index (χ4v) is 3.53. The Kier molecular flexibility index (Phi) is 3.68. The van der Waals surface area contributed by atoms with Crippen LogP contribution in [0, 0.1) is 13.8 Å². The minimum atomic E-state index is -0.812. The molecule has 0 saturated carbocycles. The maximum atomic E-state index is 12.5. The number of ketones is 1. The first kappa shape index (κ1) is 15.0. The monoisotopic (exact) mass is 303 g/mol. The highest BCUT2D eigenvalue weighted by molar-refractivity contribution is 6.01. The molecular weight excluding hydrogens is 282 g/mol. The van der Waals surface area contributed by atoms with E-state index in [1.807, 2.05) is 30.9 Å². The van der Waals surface area contributed by atoms with Gasteiger partial charge in [0.15, 0.2) is 5.78 Å². The molecule has 0 aliphatic carbocycles. The Morgan fingerprint density at radius 1 is 1.32 bits per heavy atom. The number of carbonyl (C=O) groups excluding carboxylic acids is 1. The van der Waals surface area contributed by atoms with Crippen molar-refractivity contribution < 1.29 is 19.4 Å². The topological polar surface area (TPSA) is 66.8 Å². The van der Waals surface area contributed by atoms with Crippen LogP contribution in [0.5, 0.6) is 5.75 Å². The van der Waals surface area contributed by atoms with Crippen molar-refractivity contribution >= 4 is 11.8 Å². The van der Waals surface area contributed by atoms with Crippen molar-refractivity contribution in [1.29, 1.82) is 0 Å². The van der Waals surface area contributed by atoms with E-state index in [-0.39, 0.29) is 12.3 Å². The summed E-state index contributed by atoms with van der Waals surface area (Å²) in [6.45, 7) is 5.31. The van der Waals surface area contributed by atoms with Gasteiger partial charge in [-0.3, -0.25) is 14.5 Å². The van der Waals surface area contributed by atoms with Gasteiger partial charge in [-0.2, -0.15) is 0 Å². The smallest absolute Gasteiger partial charge is 0.317 e. The van der Waals surface area contributed by atoms with Crippen molar-refractivity contribution in [2.24, 2.45) is 0 Å².